The number of rotatable bonds is 16. The Hall–Kier alpha value is -3.85. The lowest BCUT2D eigenvalue weighted by atomic mass is 10.0. The van der Waals surface area contributed by atoms with Crippen LogP contribution in [0.3, 0.4) is 0 Å². The van der Waals surface area contributed by atoms with E-state index in [0.717, 1.165) is 30.2 Å². The predicted molar refractivity (Wildman–Crippen MR) is 163 cm³/mol. The SMILES string of the molecule is CCCCNC(=O)C(Cc1ccccc1)N(Cc1cccc(OC)c1)C(=O)CCCN(c1ccccc1)S(C)(=O)=O. The number of benzene rings is 3. The fourth-order valence-electron chi connectivity index (χ4n) is 4.63. The summed E-state index contributed by atoms with van der Waals surface area (Å²) in [7, 11) is -1.96. The van der Waals surface area contributed by atoms with Crippen molar-refractivity contribution >= 4 is 27.5 Å². The number of anilines is 1. The molecule has 0 aliphatic carbocycles. The van der Waals surface area contributed by atoms with Crippen molar-refractivity contribution in [2.45, 2.75) is 51.6 Å². The zero-order valence-corrected chi connectivity index (χ0v) is 25.0. The van der Waals surface area contributed by atoms with Gasteiger partial charge < -0.3 is 15.0 Å². The second-order valence-electron chi connectivity index (χ2n) is 10.00. The molecule has 0 bridgehead atoms. The molecule has 1 N–H and O–H groups in total. The molecule has 0 heterocycles. The van der Waals surface area contributed by atoms with Crippen molar-refractivity contribution in [1.29, 1.82) is 0 Å². The summed E-state index contributed by atoms with van der Waals surface area (Å²) in [6.07, 6.45) is 3.67. The summed E-state index contributed by atoms with van der Waals surface area (Å²) in [5, 5.41) is 3.02. The normalized spacial score (nSPS) is 11.9. The third-order valence-electron chi connectivity index (χ3n) is 6.78. The van der Waals surface area contributed by atoms with Gasteiger partial charge in [0.1, 0.15) is 11.8 Å². The van der Waals surface area contributed by atoms with Crippen LogP contribution in [-0.2, 0) is 32.6 Å². The quantitative estimate of drug-likeness (QED) is 0.246. The van der Waals surface area contributed by atoms with E-state index < -0.39 is 16.1 Å². The van der Waals surface area contributed by atoms with Crippen LogP contribution < -0.4 is 14.4 Å². The number of hydrogen-bond donors (Lipinski definition) is 1. The highest BCUT2D eigenvalue weighted by molar-refractivity contribution is 7.92. The van der Waals surface area contributed by atoms with E-state index in [4.69, 9.17) is 4.74 Å². The summed E-state index contributed by atoms with van der Waals surface area (Å²) in [6, 6.07) is 25.2. The largest absolute Gasteiger partial charge is 0.497 e. The average molecular weight is 580 g/mol. The lowest BCUT2D eigenvalue weighted by Gasteiger charge is -2.32. The Labute approximate surface area is 244 Å². The number of hydrogen-bond acceptors (Lipinski definition) is 5. The molecule has 3 aromatic rings. The van der Waals surface area contributed by atoms with Crippen LogP contribution in [0.2, 0.25) is 0 Å². The lowest BCUT2D eigenvalue weighted by molar-refractivity contribution is -0.141. The Morgan fingerprint density at radius 2 is 1.56 bits per heavy atom. The first kappa shape index (κ1) is 31.7. The number of ether oxygens (including phenoxy) is 1. The maximum Gasteiger partial charge on any atom is 0.243 e. The highest BCUT2D eigenvalue weighted by Crippen LogP contribution is 2.21. The van der Waals surface area contributed by atoms with Gasteiger partial charge in [-0.2, -0.15) is 0 Å². The van der Waals surface area contributed by atoms with Gasteiger partial charge in [-0.05, 0) is 48.2 Å². The molecule has 0 saturated carbocycles. The molecule has 0 aromatic heterocycles. The molecule has 0 spiro atoms. The molecule has 0 aliphatic rings. The van der Waals surface area contributed by atoms with Gasteiger partial charge in [0.2, 0.25) is 21.8 Å². The molecular weight excluding hydrogens is 538 g/mol. The minimum atomic E-state index is -3.55. The van der Waals surface area contributed by atoms with Gasteiger partial charge in [-0.15, -0.1) is 0 Å². The molecular formula is C32H41N3O5S. The summed E-state index contributed by atoms with van der Waals surface area (Å²) < 4.78 is 31.8. The fraction of sp³-hybridized carbons (Fsp3) is 0.375. The standard InChI is InChI=1S/C32H41N3O5S/c1-4-5-21-33-32(37)30(24-26-14-8-6-9-15-26)34(25-27-16-12-19-29(23-27)40-2)31(36)20-13-22-35(41(3,38)39)28-17-10-7-11-18-28/h6-12,14-19,23,30H,4-5,13,20-22,24-25H2,1-3H3,(H,33,37). The van der Waals surface area contributed by atoms with Crippen molar-refractivity contribution in [1.82, 2.24) is 10.2 Å². The summed E-state index contributed by atoms with van der Waals surface area (Å²) in [4.78, 5) is 29.1. The van der Waals surface area contributed by atoms with Gasteiger partial charge in [0, 0.05) is 32.5 Å². The van der Waals surface area contributed by atoms with E-state index in [9.17, 15) is 18.0 Å². The van der Waals surface area contributed by atoms with Gasteiger partial charge in [0.05, 0.1) is 19.1 Å². The second kappa shape index (κ2) is 15.8. The molecule has 9 heteroatoms. The fourth-order valence-corrected chi connectivity index (χ4v) is 5.59. The smallest absolute Gasteiger partial charge is 0.243 e. The van der Waals surface area contributed by atoms with Crippen molar-refractivity contribution < 1.29 is 22.7 Å². The van der Waals surface area contributed by atoms with Gasteiger partial charge >= 0.3 is 0 Å². The molecule has 3 rings (SSSR count). The van der Waals surface area contributed by atoms with E-state index in [1.165, 1.54) is 4.31 Å². The monoisotopic (exact) mass is 579 g/mol. The summed E-state index contributed by atoms with van der Waals surface area (Å²) >= 11 is 0. The molecule has 1 unspecified atom stereocenters. The van der Waals surface area contributed by atoms with Crippen LogP contribution in [0, 0.1) is 0 Å². The highest BCUT2D eigenvalue weighted by atomic mass is 32.2. The molecule has 8 nitrogen and oxygen atoms in total. The zero-order valence-electron chi connectivity index (χ0n) is 24.2. The van der Waals surface area contributed by atoms with Gasteiger partial charge in [0.15, 0.2) is 0 Å². The van der Waals surface area contributed by atoms with Crippen molar-refractivity contribution in [2.75, 3.05) is 30.8 Å². The van der Waals surface area contributed by atoms with Gasteiger partial charge in [-0.25, -0.2) is 8.42 Å². The van der Waals surface area contributed by atoms with Crippen molar-refractivity contribution in [3.8, 4) is 5.75 Å². The van der Waals surface area contributed by atoms with Crippen molar-refractivity contribution in [3.63, 3.8) is 0 Å². The molecule has 1 atom stereocenters. The Morgan fingerprint density at radius 1 is 0.902 bits per heavy atom. The average Bonchev–Trinajstić information content (AvgIpc) is 2.97. The summed E-state index contributed by atoms with van der Waals surface area (Å²) in [5.74, 6) is 0.232. The molecule has 220 valence electrons. The molecule has 0 fully saturated rings. The van der Waals surface area contributed by atoms with E-state index in [-0.39, 0.29) is 31.3 Å². The Balaban J connectivity index is 1.88. The minimum Gasteiger partial charge on any atom is -0.497 e. The first-order chi connectivity index (χ1) is 19.7. The van der Waals surface area contributed by atoms with E-state index in [1.54, 1.807) is 36.3 Å². The van der Waals surface area contributed by atoms with Gasteiger partial charge in [-0.3, -0.25) is 13.9 Å². The number of nitrogens with zero attached hydrogens (tertiary/aromatic N) is 2. The lowest BCUT2D eigenvalue weighted by Crippen LogP contribution is -2.50. The van der Waals surface area contributed by atoms with Crippen LogP contribution in [0.1, 0.15) is 43.7 Å². The Kier molecular flexibility index (Phi) is 12.2. The van der Waals surface area contributed by atoms with Crippen LogP contribution in [-0.4, -0.2) is 57.6 Å². The number of amides is 2. The molecule has 0 radical (unpaired) electrons. The topological polar surface area (TPSA) is 96.0 Å². The first-order valence-corrected chi connectivity index (χ1v) is 15.8. The van der Waals surface area contributed by atoms with E-state index in [2.05, 4.69) is 12.2 Å². The molecule has 41 heavy (non-hydrogen) atoms. The number of methoxy groups -OCH3 is 1. The van der Waals surface area contributed by atoms with Crippen LogP contribution in [0.5, 0.6) is 5.75 Å². The van der Waals surface area contributed by atoms with Gasteiger partial charge in [-0.1, -0.05) is 74.0 Å². The third-order valence-corrected chi connectivity index (χ3v) is 7.98. The van der Waals surface area contributed by atoms with Crippen LogP contribution in [0.4, 0.5) is 5.69 Å². The van der Waals surface area contributed by atoms with E-state index in [1.807, 2.05) is 60.7 Å². The number of para-hydroxylation sites is 1. The summed E-state index contributed by atoms with van der Waals surface area (Å²) in [5.41, 5.74) is 2.33. The maximum atomic E-state index is 13.9. The van der Waals surface area contributed by atoms with E-state index in [0.29, 0.717) is 30.8 Å². The molecule has 2 amide bonds. The van der Waals surface area contributed by atoms with Crippen molar-refractivity contribution in [3.05, 3.63) is 96.1 Å². The zero-order chi connectivity index (χ0) is 29.7. The van der Waals surface area contributed by atoms with Crippen LogP contribution in [0.25, 0.3) is 0 Å². The second-order valence-corrected chi connectivity index (χ2v) is 11.9. The highest BCUT2D eigenvalue weighted by Gasteiger charge is 2.30. The number of sulfonamides is 1. The number of nitrogens with one attached hydrogen (secondary N) is 1. The summed E-state index contributed by atoms with van der Waals surface area (Å²) in [6.45, 7) is 2.94. The minimum absolute atomic E-state index is 0.0797. The van der Waals surface area contributed by atoms with Crippen LogP contribution >= 0.6 is 0 Å². The van der Waals surface area contributed by atoms with Gasteiger partial charge in [0.25, 0.3) is 0 Å². The number of unbranched alkanes of at least 4 members (excludes halogenated alkanes) is 1. The predicted octanol–water partition coefficient (Wildman–Crippen LogP) is 4.80. The molecule has 0 aliphatic heterocycles. The first-order valence-electron chi connectivity index (χ1n) is 14.0. The Morgan fingerprint density at radius 3 is 2.20 bits per heavy atom. The number of carbonyl (C=O) groups is 2. The number of carbonyl (C=O) groups excluding carboxylic acids is 2. The van der Waals surface area contributed by atoms with Crippen molar-refractivity contribution in [2.24, 2.45) is 0 Å². The third kappa shape index (κ3) is 9.93. The maximum absolute atomic E-state index is 13.9. The van der Waals surface area contributed by atoms with Crippen LogP contribution in [0.15, 0.2) is 84.9 Å². The molecule has 0 saturated heterocycles. The Bertz CT molecular complexity index is 1350. The molecule has 3 aromatic carbocycles. The van der Waals surface area contributed by atoms with E-state index >= 15 is 0 Å².